The minimum Gasteiger partial charge on any atom is -0.405 e. The van der Waals surface area contributed by atoms with E-state index in [9.17, 15) is 18.0 Å². The van der Waals surface area contributed by atoms with Gasteiger partial charge in [0, 0.05) is 30.5 Å². The third-order valence-corrected chi connectivity index (χ3v) is 6.35. The highest BCUT2D eigenvalue weighted by Crippen LogP contribution is 2.36. The molecule has 2 heterocycles. The second kappa shape index (κ2) is 9.57. The van der Waals surface area contributed by atoms with E-state index >= 15 is 0 Å². The molecule has 32 heavy (non-hydrogen) atoms. The van der Waals surface area contributed by atoms with Gasteiger partial charge in [0.1, 0.15) is 5.75 Å². The van der Waals surface area contributed by atoms with Crippen LogP contribution in [-0.2, 0) is 11.3 Å². The Bertz CT molecular complexity index is 942. The number of amides is 1. The highest BCUT2D eigenvalue weighted by Gasteiger charge is 2.33. The molecule has 1 aromatic heterocycles. The quantitative estimate of drug-likeness (QED) is 0.623. The molecule has 0 radical (unpaired) electrons. The zero-order valence-corrected chi connectivity index (χ0v) is 18.2. The molecule has 1 saturated carbocycles. The van der Waals surface area contributed by atoms with Gasteiger partial charge in [-0.15, -0.1) is 13.2 Å². The van der Waals surface area contributed by atoms with Crippen LogP contribution in [0.5, 0.6) is 5.75 Å². The van der Waals surface area contributed by atoms with E-state index in [4.69, 9.17) is 4.74 Å². The first-order valence-corrected chi connectivity index (χ1v) is 11.3. The molecule has 2 aromatic rings. The number of rotatable bonds is 6. The first-order valence-electron chi connectivity index (χ1n) is 11.3. The highest BCUT2D eigenvalue weighted by molar-refractivity contribution is 5.97. The molecule has 0 bridgehead atoms. The van der Waals surface area contributed by atoms with Gasteiger partial charge in [-0.2, -0.15) is 0 Å². The minimum atomic E-state index is -4.81. The van der Waals surface area contributed by atoms with E-state index < -0.39 is 6.36 Å². The second-order valence-corrected chi connectivity index (χ2v) is 8.63. The van der Waals surface area contributed by atoms with Gasteiger partial charge in [0.25, 0.3) is 5.91 Å². The maximum atomic E-state index is 13.1. The second-order valence-electron chi connectivity index (χ2n) is 8.63. The summed E-state index contributed by atoms with van der Waals surface area (Å²) in [5, 5.41) is 3.12. The number of carbonyl (C=O) groups is 1. The van der Waals surface area contributed by atoms with Crippen LogP contribution in [0.3, 0.4) is 0 Å². The Labute approximate surface area is 185 Å². The molecule has 2 fully saturated rings. The molecule has 1 saturated heterocycles. The van der Waals surface area contributed by atoms with Crippen molar-refractivity contribution in [3.63, 3.8) is 0 Å². The molecule has 0 spiro atoms. The molecule has 4 rings (SSSR count). The minimum absolute atomic E-state index is 0.0372. The molecule has 2 aliphatic rings. The van der Waals surface area contributed by atoms with Crippen molar-refractivity contribution in [1.82, 2.24) is 9.88 Å². The van der Waals surface area contributed by atoms with Crippen molar-refractivity contribution in [2.24, 2.45) is 0 Å². The van der Waals surface area contributed by atoms with Crippen molar-refractivity contribution in [3.8, 4) is 17.0 Å². The van der Waals surface area contributed by atoms with E-state index in [-0.39, 0.29) is 23.8 Å². The molecular weight excluding hydrogens is 421 g/mol. The number of para-hydroxylation sites is 1. The van der Waals surface area contributed by atoms with Crippen molar-refractivity contribution >= 4 is 5.91 Å². The Morgan fingerprint density at radius 2 is 1.91 bits per heavy atom. The largest absolute Gasteiger partial charge is 0.573 e. The van der Waals surface area contributed by atoms with Gasteiger partial charge in [-0.25, -0.2) is 0 Å². The third kappa shape index (κ3) is 5.28. The summed E-state index contributed by atoms with van der Waals surface area (Å²) in [6.45, 7) is 2.98. The molecule has 1 N–H and O–H groups in total. The summed E-state index contributed by atoms with van der Waals surface area (Å²) < 4.78 is 51.0. The number of aromatic nitrogens is 1. The van der Waals surface area contributed by atoms with E-state index in [0.29, 0.717) is 35.7 Å². The van der Waals surface area contributed by atoms with E-state index in [1.807, 2.05) is 11.5 Å². The number of benzene rings is 1. The summed E-state index contributed by atoms with van der Waals surface area (Å²) in [6.07, 6.45) is 2.26. The van der Waals surface area contributed by atoms with Crippen LogP contribution >= 0.6 is 0 Å². The zero-order valence-electron chi connectivity index (χ0n) is 18.2. The van der Waals surface area contributed by atoms with Gasteiger partial charge >= 0.3 is 6.36 Å². The predicted octanol–water partition coefficient (Wildman–Crippen LogP) is 5.60. The molecule has 1 aliphatic carbocycles. The lowest BCUT2D eigenvalue weighted by atomic mass is 9.95. The summed E-state index contributed by atoms with van der Waals surface area (Å²) >= 11 is 0. The number of halogens is 3. The van der Waals surface area contributed by atoms with Gasteiger partial charge < -0.3 is 19.4 Å². The predicted molar refractivity (Wildman–Crippen MR) is 115 cm³/mol. The van der Waals surface area contributed by atoms with Gasteiger partial charge in [0.2, 0.25) is 0 Å². The van der Waals surface area contributed by atoms with E-state index in [0.717, 1.165) is 38.5 Å². The Hall–Kier alpha value is -2.48. The Kier molecular flexibility index (Phi) is 6.79. The lowest BCUT2D eigenvalue weighted by Crippen LogP contribution is -2.36. The molecule has 1 atom stereocenters. The van der Waals surface area contributed by atoms with E-state index in [1.54, 1.807) is 18.2 Å². The van der Waals surface area contributed by atoms with Crippen molar-refractivity contribution in [3.05, 3.63) is 41.6 Å². The number of nitrogens with zero attached hydrogens (tertiary/aromatic N) is 1. The summed E-state index contributed by atoms with van der Waals surface area (Å²) in [7, 11) is 0. The number of carbonyl (C=O) groups excluding carboxylic acids is 1. The van der Waals surface area contributed by atoms with E-state index in [2.05, 4.69) is 10.1 Å². The average molecular weight is 451 g/mol. The van der Waals surface area contributed by atoms with Crippen LogP contribution in [-0.4, -0.2) is 35.6 Å². The van der Waals surface area contributed by atoms with Gasteiger partial charge in [-0.1, -0.05) is 31.4 Å². The van der Waals surface area contributed by atoms with Gasteiger partial charge in [0.15, 0.2) is 0 Å². The molecule has 1 aliphatic heterocycles. The lowest BCUT2D eigenvalue weighted by Gasteiger charge is -2.22. The normalized spacial score (nSPS) is 19.8. The summed E-state index contributed by atoms with van der Waals surface area (Å²) in [5.41, 5.74) is 2.00. The maximum absolute atomic E-state index is 13.1. The Morgan fingerprint density at radius 3 is 2.59 bits per heavy atom. The van der Waals surface area contributed by atoms with Crippen LogP contribution in [0.2, 0.25) is 0 Å². The first-order chi connectivity index (χ1) is 15.3. The lowest BCUT2D eigenvalue weighted by molar-refractivity contribution is -0.274. The van der Waals surface area contributed by atoms with Crippen molar-refractivity contribution < 1.29 is 27.4 Å². The smallest absolute Gasteiger partial charge is 0.405 e. The number of hydrogen-bond acceptors (Lipinski definition) is 3. The molecule has 0 unspecified atom stereocenters. The summed E-state index contributed by atoms with van der Waals surface area (Å²) in [5.74, 6) is -0.471. The summed E-state index contributed by atoms with van der Waals surface area (Å²) in [4.78, 5) is 13.1. The highest BCUT2D eigenvalue weighted by atomic mass is 19.4. The van der Waals surface area contributed by atoms with Crippen LogP contribution in [0.4, 0.5) is 13.2 Å². The van der Waals surface area contributed by atoms with Gasteiger partial charge in [0.05, 0.1) is 17.4 Å². The number of alkyl halides is 3. The molecule has 1 amide bonds. The fraction of sp³-hybridized carbons (Fsp3) is 0.542. The van der Waals surface area contributed by atoms with Crippen molar-refractivity contribution in [1.29, 1.82) is 0 Å². The van der Waals surface area contributed by atoms with Crippen LogP contribution in [0.25, 0.3) is 11.3 Å². The number of nitrogens with one attached hydrogen (secondary N) is 1. The Balaban J connectivity index is 1.70. The molecule has 5 nitrogen and oxygen atoms in total. The fourth-order valence-corrected chi connectivity index (χ4v) is 4.73. The first kappa shape index (κ1) is 22.7. The van der Waals surface area contributed by atoms with E-state index in [1.165, 1.54) is 18.6 Å². The molecule has 1 aromatic carbocycles. The topological polar surface area (TPSA) is 52.5 Å². The molecular formula is C24H29F3N2O3. The molecule has 174 valence electrons. The number of hydrogen-bond donors (Lipinski definition) is 1. The maximum Gasteiger partial charge on any atom is 0.573 e. The average Bonchev–Trinajstić information content (AvgIpc) is 3.37. The van der Waals surface area contributed by atoms with Crippen LogP contribution < -0.4 is 10.1 Å². The van der Waals surface area contributed by atoms with Crippen LogP contribution in [0, 0.1) is 6.92 Å². The standard InChI is InChI=1S/C24H29F3N2O3/c1-16-20(23(30)28-17-8-3-2-4-9-17)14-21(29(16)15-18-10-7-13-31-18)19-11-5-6-12-22(19)32-24(25,26)27/h5-6,11-12,14,17-18H,2-4,7-10,13,15H2,1H3,(H,28,30)/t18-/m1/s1. The van der Waals surface area contributed by atoms with Crippen molar-refractivity contribution in [2.45, 2.75) is 76.9 Å². The Morgan fingerprint density at radius 1 is 1.16 bits per heavy atom. The zero-order chi connectivity index (χ0) is 22.7. The SMILES string of the molecule is Cc1c(C(=O)NC2CCCCC2)cc(-c2ccccc2OC(F)(F)F)n1C[C@H]1CCCO1. The molecule has 8 heteroatoms. The van der Waals surface area contributed by atoms with Gasteiger partial charge in [-0.3, -0.25) is 4.79 Å². The van der Waals surface area contributed by atoms with Gasteiger partial charge in [-0.05, 0) is 50.8 Å². The van der Waals surface area contributed by atoms with Crippen LogP contribution in [0.15, 0.2) is 30.3 Å². The monoisotopic (exact) mass is 450 g/mol. The third-order valence-electron chi connectivity index (χ3n) is 6.35. The van der Waals surface area contributed by atoms with Crippen molar-refractivity contribution in [2.75, 3.05) is 6.61 Å². The summed E-state index contributed by atoms with van der Waals surface area (Å²) in [6, 6.07) is 7.87. The fourth-order valence-electron chi connectivity index (χ4n) is 4.73. The van der Waals surface area contributed by atoms with Crippen LogP contribution in [0.1, 0.15) is 61.0 Å². The number of ether oxygens (including phenoxy) is 2.